The van der Waals surface area contributed by atoms with E-state index in [4.69, 9.17) is 4.52 Å². The van der Waals surface area contributed by atoms with Crippen molar-refractivity contribution >= 4 is 0 Å². The summed E-state index contributed by atoms with van der Waals surface area (Å²) in [6, 6.07) is 10.7. The molecule has 0 spiro atoms. The van der Waals surface area contributed by atoms with E-state index in [0.717, 1.165) is 30.6 Å². The highest BCUT2D eigenvalue weighted by atomic mass is 16.5. The van der Waals surface area contributed by atoms with Crippen molar-refractivity contribution in [2.24, 2.45) is 5.92 Å². The standard InChI is InChI=1S/C17H23N3O/c1-3-18-16(14-7-5-4-6-8-14)12(2)17-19-15(20-21-17)11-13-9-10-13/h4-8,12-13,16,18H,3,9-11H2,1-2H3. The first-order valence-corrected chi connectivity index (χ1v) is 7.88. The first kappa shape index (κ1) is 14.3. The van der Waals surface area contributed by atoms with Gasteiger partial charge < -0.3 is 9.84 Å². The van der Waals surface area contributed by atoms with Gasteiger partial charge in [0.15, 0.2) is 5.82 Å². The van der Waals surface area contributed by atoms with Crippen molar-refractivity contribution in [3.63, 3.8) is 0 Å². The Bertz CT molecular complexity index is 562. The summed E-state index contributed by atoms with van der Waals surface area (Å²) >= 11 is 0. The molecule has 1 heterocycles. The second-order valence-electron chi connectivity index (χ2n) is 5.93. The molecule has 1 aliphatic rings. The highest BCUT2D eigenvalue weighted by molar-refractivity contribution is 5.22. The van der Waals surface area contributed by atoms with Gasteiger partial charge in [0, 0.05) is 12.5 Å². The highest BCUT2D eigenvalue weighted by Gasteiger charge is 2.27. The molecule has 1 saturated carbocycles. The molecule has 2 aromatic rings. The number of likely N-dealkylation sites (N-methyl/N-ethyl adjacent to an activating group) is 1. The fraction of sp³-hybridized carbons (Fsp3) is 0.529. The first-order valence-electron chi connectivity index (χ1n) is 7.88. The van der Waals surface area contributed by atoms with Crippen molar-refractivity contribution in [2.75, 3.05) is 6.54 Å². The van der Waals surface area contributed by atoms with Crippen LogP contribution in [0.3, 0.4) is 0 Å². The van der Waals surface area contributed by atoms with Crippen molar-refractivity contribution in [1.82, 2.24) is 15.5 Å². The second kappa shape index (κ2) is 6.39. The second-order valence-corrected chi connectivity index (χ2v) is 5.93. The van der Waals surface area contributed by atoms with Crippen LogP contribution in [0.25, 0.3) is 0 Å². The number of aromatic nitrogens is 2. The monoisotopic (exact) mass is 285 g/mol. The van der Waals surface area contributed by atoms with Gasteiger partial charge in [0.2, 0.25) is 5.89 Å². The van der Waals surface area contributed by atoms with Gasteiger partial charge in [0.05, 0.1) is 5.92 Å². The summed E-state index contributed by atoms with van der Waals surface area (Å²) in [4.78, 5) is 4.60. The number of nitrogens with zero attached hydrogens (tertiary/aromatic N) is 2. The maximum atomic E-state index is 5.50. The van der Waals surface area contributed by atoms with E-state index in [2.05, 4.69) is 53.6 Å². The third-order valence-corrected chi connectivity index (χ3v) is 4.12. The molecule has 112 valence electrons. The summed E-state index contributed by atoms with van der Waals surface area (Å²) in [5.74, 6) is 2.54. The van der Waals surface area contributed by atoms with Crippen molar-refractivity contribution < 1.29 is 4.52 Å². The zero-order chi connectivity index (χ0) is 14.7. The van der Waals surface area contributed by atoms with Crippen LogP contribution in [0.5, 0.6) is 0 Å². The normalized spacial score (nSPS) is 17.6. The SMILES string of the molecule is CCNC(c1ccccc1)C(C)c1nc(CC2CC2)no1. The van der Waals surface area contributed by atoms with Gasteiger partial charge >= 0.3 is 0 Å². The first-order chi connectivity index (χ1) is 10.3. The number of hydrogen-bond acceptors (Lipinski definition) is 4. The van der Waals surface area contributed by atoms with Gasteiger partial charge in [-0.1, -0.05) is 49.3 Å². The van der Waals surface area contributed by atoms with E-state index in [0.29, 0.717) is 0 Å². The molecule has 21 heavy (non-hydrogen) atoms. The zero-order valence-electron chi connectivity index (χ0n) is 12.7. The number of benzene rings is 1. The van der Waals surface area contributed by atoms with Gasteiger partial charge in [0.1, 0.15) is 0 Å². The molecular formula is C17H23N3O. The molecule has 1 fully saturated rings. The summed E-state index contributed by atoms with van der Waals surface area (Å²) in [7, 11) is 0. The lowest BCUT2D eigenvalue weighted by molar-refractivity contribution is 0.324. The predicted molar refractivity (Wildman–Crippen MR) is 82.0 cm³/mol. The largest absolute Gasteiger partial charge is 0.339 e. The van der Waals surface area contributed by atoms with Crippen LogP contribution in [-0.2, 0) is 6.42 Å². The summed E-state index contributed by atoms with van der Waals surface area (Å²) < 4.78 is 5.50. The molecule has 1 N–H and O–H groups in total. The molecule has 4 nitrogen and oxygen atoms in total. The zero-order valence-corrected chi connectivity index (χ0v) is 12.7. The van der Waals surface area contributed by atoms with E-state index in [1.807, 2.05) is 6.07 Å². The molecule has 0 bridgehead atoms. The van der Waals surface area contributed by atoms with Crippen molar-refractivity contribution in [3.8, 4) is 0 Å². The average molecular weight is 285 g/mol. The van der Waals surface area contributed by atoms with Crippen molar-refractivity contribution in [3.05, 3.63) is 47.6 Å². The lowest BCUT2D eigenvalue weighted by Crippen LogP contribution is -2.26. The minimum atomic E-state index is 0.160. The quantitative estimate of drug-likeness (QED) is 0.846. The van der Waals surface area contributed by atoms with Crippen LogP contribution in [0, 0.1) is 5.92 Å². The third-order valence-electron chi connectivity index (χ3n) is 4.12. The van der Waals surface area contributed by atoms with Gasteiger partial charge in [-0.15, -0.1) is 0 Å². The lowest BCUT2D eigenvalue weighted by atomic mass is 9.94. The van der Waals surface area contributed by atoms with E-state index in [-0.39, 0.29) is 12.0 Å². The average Bonchev–Trinajstić information content (AvgIpc) is 3.20. The van der Waals surface area contributed by atoms with E-state index in [9.17, 15) is 0 Å². The fourth-order valence-electron chi connectivity index (χ4n) is 2.72. The molecule has 1 aliphatic carbocycles. The molecule has 2 unspecified atom stereocenters. The van der Waals surface area contributed by atoms with Gasteiger partial charge in [-0.25, -0.2) is 0 Å². The van der Waals surface area contributed by atoms with E-state index < -0.39 is 0 Å². The molecule has 1 aromatic carbocycles. The Hall–Kier alpha value is -1.68. The van der Waals surface area contributed by atoms with Gasteiger partial charge in [-0.3, -0.25) is 0 Å². The van der Waals surface area contributed by atoms with Crippen LogP contribution in [-0.4, -0.2) is 16.7 Å². The molecule has 0 saturated heterocycles. The van der Waals surface area contributed by atoms with Gasteiger partial charge in [-0.05, 0) is 30.9 Å². The number of rotatable bonds is 7. The third kappa shape index (κ3) is 3.50. The molecule has 0 radical (unpaired) electrons. The van der Waals surface area contributed by atoms with Crippen LogP contribution >= 0.6 is 0 Å². The molecule has 2 atom stereocenters. The van der Waals surface area contributed by atoms with Crippen LogP contribution in [0.1, 0.15) is 55.9 Å². The van der Waals surface area contributed by atoms with Crippen LogP contribution in [0.15, 0.2) is 34.9 Å². The van der Waals surface area contributed by atoms with Crippen molar-refractivity contribution in [1.29, 1.82) is 0 Å². The van der Waals surface area contributed by atoms with Crippen molar-refractivity contribution in [2.45, 2.75) is 45.1 Å². The smallest absolute Gasteiger partial charge is 0.231 e. The highest BCUT2D eigenvalue weighted by Crippen LogP contribution is 2.33. The Morgan fingerprint density at radius 3 is 2.71 bits per heavy atom. The lowest BCUT2D eigenvalue weighted by Gasteiger charge is -2.22. The Morgan fingerprint density at radius 1 is 1.29 bits per heavy atom. The summed E-state index contributed by atoms with van der Waals surface area (Å²) in [5.41, 5.74) is 1.26. The maximum absolute atomic E-state index is 5.50. The molecule has 3 rings (SSSR count). The Kier molecular flexibility index (Phi) is 4.34. The summed E-state index contributed by atoms with van der Waals surface area (Å²) in [6.45, 7) is 5.18. The molecular weight excluding hydrogens is 262 g/mol. The topological polar surface area (TPSA) is 51.0 Å². The summed E-state index contributed by atoms with van der Waals surface area (Å²) in [5, 5.41) is 7.67. The van der Waals surface area contributed by atoms with Crippen LogP contribution in [0.2, 0.25) is 0 Å². The number of nitrogens with one attached hydrogen (secondary N) is 1. The van der Waals surface area contributed by atoms with Crippen LogP contribution in [0.4, 0.5) is 0 Å². The fourth-order valence-corrected chi connectivity index (χ4v) is 2.72. The molecule has 0 aliphatic heterocycles. The summed E-state index contributed by atoms with van der Waals surface area (Å²) in [6.07, 6.45) is 3.58. The Morgan fingerprint density at radius 2 is 2.05 bits per heavy atom. The van der Waals surface area contributed by atoms with Gasteiger partial charge in [0.25, 0.3) is 0 Å². The minimum Gasteiger partial charge on any atom is -0.339 e. The number of hydrogen-bond donors (Lipinski definition) is 1. The molecule has 1 aromatic heterocycles. The Labute approximate surface area is 126 Å². The maximum Gasteiger partial charge on any atom is 0.231 e. The van der Waals surface area contributed by atoms with E-state index in [1.54, 1.807) is 0 Å². The van der Waals surface area contributed by atoms with Crippen LogP contribution < -0.4 is 5.32 Å². The minimum absolute atomic E-state index is 0.160. The van der Waals surface area contributed by atoms with Gasteiger partial charge in [-0.2, -0.15) is 4.98 Å². The Balaban J connectivity index is 1.76. The van der Waals surface area contributed by atoms with E-state index in [1.165, 1.54) is 18.4 Å². The molecule has 0 amide bonds. The van der Waals surface area contributed by atoms with E-state index >= 15 is 0 Å². The molecule has 4 heteroatoms. The predicted octanol–water partition coefficient (Wildman–Crippen LogP) is 3.48.